The third-order valence-corrected chi connectivity index (χ3v) is 5.57. The van der Waals surface area contributed by atoms with Gasteiger partial charge in [0.15, 0.2) is 15.6 Å². The fourth-order valence-corrected chi connectivity index (χ4v) is 3.80. The fourth-order valence-electron chi connectivity index (χ4n) is 3.17. The van der Waals surface area contributed by atoms with Gasteiger partial charge in [-0.05, 0) is 30.7 Å². The number of Topliss-reactive ketones (excluding diaryl/α,β-unsaturated/α-hetero) is 1. The predicted octanol–water partition coefficient (Wildman–Crippen LogP) is 5.26. The molecule has 0 aliphatic heterocycles. The van der Waals surface area contributed by atoms with Crippen molar-refractivity contribution in [2.45, 2.75) is 24.4 Å². The van der Waals surface area contributed by atoms with Gasteiger partial charge in [0.2, 0.25) is 0 Å². The van der Waals surface area contributed by atoms with Crippen molar-refractivity contribution in [1.29, 1.82) is 0 Å². The van der Waals surface area contributed by atoms with E-state index in [9.17, 15) is 39.6 Å². The minimum atomic E-state index is -5.29. The first kappa shape index (κ1) is 23.5. The fraction of sp³-hybridized carbons (Fsp3) is 0.200. The summed E-state index contributed by atoms with van der Waals surface area (Å²) >= 11 is 0. The van der Waals surface area contributed by atoms with Crippen LogP contribution in [0.2, 0.25) is 0 Å². The topological polar surface area (TPSA) is 73.3 Å². The van der Waals surface area contributed by atoms with Crippen LogP contribution >= 0.6 is 0 Å². The Morgan fingerprint density at radius 2 is 1.56 bits per heavy atom. The molecule has 0 spiro atoms. The van der Waals surface area contributed by atoms with E-state index in [0.29, 0.717) is 0 Å². The van der Waals surface area contributed by atoms with Gasteiger partial charge in [-0.2, -0.15) is 13.2 Å². The smallest absolute Gasteiger partial charge is 0.403 e. The Kier molecular flexibility index (Phi) is 5.71. The number of ether oxygens (including phenoxy) is 1. The molecule has 0 aliphatic rings. The molecule has 3 aromatic rings. The molecule has 3 rings (SSSR count). The van der Waals surface area contributed by atoms with E-state index in [1.807, 2.05) is 0 Å². The molecule has 1 aromatic heterocycles. The zero-order valence-electron chi connectivity index (χ0n) is 16.3. The van der Waals surface area contributed by atoms with Crippen molar-refractivity contribution in [1.82, 2.24) is 4.98 Å². The maximum atomic E-state index is 13.3. The van der Waals surface area contributed by atoms with Gasteiger partial charge in [-0.25, -0.2) is 13.4 Å². The number of alkyl halides is 6. The van der Waals surface area contributed by atoms with Crippen molar-refractivity contribution in [2.24, 2.45) is 0 Å². The molecule has 0 saturated heterocycles. The van der Waals surface area contributed by atoms with Gasteiger partial charge in [-0.1, -0.05) is 24.3 Å². The van der Waals surface area contributed by atoms with Gasteiger partial charge in [0.25, 0.3) is 5.78 Å². The molecule has 5 nitrogen and oxygen atoms in total. The van der Waals surface area contributed by atoms with Crippen molar-refractivity contribution in [3.05, 3.63) is 53.7 Å². The first-order chi connectivity index (χ1) is 14.6. The summed E-state index contributed by atoms with van der Waals surface area (Å²) < 4.78 is 106. The van der Waals surface area contributed by atoms with Gasteiger partial charge >= 0.3 is 12.5 Å². The minimum Gasteiger partial charge on any atom is -0.403 e. The van der Waals surface area contributed by atoms with E-state index in [1.54, 1.807) is 0 Å². The zero-order chi connectivity index (χ0) is 24.1. The largest absolute Gasteiger partial charge is 0.573 e. The number of aromatic nitrogens is 1. The summed E-state index contributed by atoms with van der Waals surface area (Å²) in [7, 11) is -3.63. The lowest BCUT2D eigenvalue weighted by molar-refractivity contribution is -0.274. The molecule has 2 aromatic carbocycles. The zero-order valence-corrected chi connectivity index (χ0v) is 17.1. The summed E-state index contributed by atoms with van der Waals surface area (Å²) in [5.41, 5.74) is -2.11. The number of pyridine rings is 1. The normalized spacial score (nSPS) is 12.8. The number of sulfone groups is 1. The highest BCUT2D eigenvalue weighted by molar-refractivity contribution is 7.90. The highest BCUT2D eigenvalue weighted by Gasteiger charge is 2.42. The molecule has 0 bridgehead atoms. The summed E-state index contributed by atoms with van der Waals surface area (Å²) in [6, 6.07) is 7.79. The van der Waals surface area contributed by atoms with Gasteiger partial charge in [-0.15, -0.1) is 13.2 Å². The van der Waals surface area contributed by atoms with Crippen LogP contribution in [0.4, 0.5) is 26.3 Å². The first-order valence-electron chi connectivity index (χ1n) is 8.70. The lowest BCUT2D eigenvalue weighted by Gasteiger charge is -2.18. The van der Waals surface area contributed by atoms with E-state index in [-0.39, 0.29) is 21.4 Å². The minimum absolute atomic E-state index is 0.0235. The van der Waals surface area contributed by atoms with Gasteiger partial charge in [0.05, 0.1) is 10.5 Å². The maximum Gasteiger partial charge on any atom is 0.573 e. The van der Waals surface area contributed by atoms with Crippen LogP contribution in [0.1, 0.15) is 16.1 Å². The highest BCUT2D eigenvalue weighted by atomic mass is 32.2. The lowest BCUT2D eigenvalue weighted by atomic mass is 9.91. The number of rotatable bonds is 4. The van der Waals surface area contributed by atoms with Crippen LogP contribution in [-0.2, 0) is 9.84 Å². The number of carbonyl (C=O) groups excluding carboxylic acids is 1. The molecule has 0 atom stereocenters. The van der Waals surface area contributed by atoms with Crippen molar-refractivity contribution in [3.8, 4) is 16.9 Å². The van der Waals surface area contributed by atoms with Gasteiger partial charge < -0.3 is 4.74 Å². The molecule has 1 heterocycles. The summed E-state index contributed by atoms with van der Waals surface area (Å²) in [4.78, 5) is 15.9. The van der Waals surface area contributed by atoms with Gasteiger partial charge in [-0.3, -0.25) is 4.79 Å². The SMILES string of the molecule is Cc1nc2c(OC(F)(F)F)cccc2c(-c2ccc(S(C)(=O)=O)cc2)c1C(=O)C(F)(F)F. The molecule has 0 radical (unpaired) electrons. The number of carbonyl (C=O) groups is 1. The highest BCUT2D eigenvalue weighted by Crippen LogP contribution is 2.40. The van der Waals surface area contributed by atoms with E-state index >= 15 is 0 Å². The molecule has 0 N–H and O–H groups in total. The summed E-state index contributed by atoms with van der Waals surface area (Å²) in [5.74, 6) is -3.01. The number of benzene rings is 2. The number of fused-ring (bicyclic) bond motifs is 1. The van der Waals surface area contributed by atoms with Gasteiger partial charge in [0, 0.05) is 22.9 Å². The Balaban J connectivity index is 2.41. The third kappa shape index (κ3) is 4.69. The number of halogens is 6. The van der Waals surface area contributed by atoms with E-state index in [0.717, 1.165) is 49.6 Å². The average Bonchev–Trinajstić information content (AvgIpc) is 2.64. The number of aryl methyl sites for hydroxylation is 1. The average molecular weight is 477 g/mol. The summed E-state index contributed by atoms with van der Waals surface area (Å²) in [6.45, 7) is 1.05. The molecule has 0 amide bonds. The Morgan fingerprint density at radius 3 is 2.06 bits per heavy atom. The molecular weight excluding hydrogens is 464 g/mol. The standard InChI is InChI=1S/C20H13F6NO4S/c1-10-15(18(28)19(21,22)23)16(11-6-8-12(9-7-11)32(2,29)30)13-4-3-5-14(17(13)27-10)31-20(24,25)26/h3-9H,1-2H3. The van der Waals surface area contributed by atoms with E-state index in [1.165, 1.54) is 6.07 Å². The Bertz CT molecular complexity index is 1310. The van der Waals surface area contributed by atoms with Crippen LogP contribution in [0.3, 0.4) is 0 Å². The maximum absolute atomic E-state index is 13.3. The first-order valence-corrected chi connectivity index (χ1v) is 10.6. The van der Waals surface area contributed by atoms with Crippen LogP contribution < -0.4 is 4.74 Å². The Hall–Kier alpha value is -3.15. The molecule has 170 valence electrons. The van der Waals surface area contributed by atoms with Crippen molar-refractivity contribution < 1.29 is 44.3 Å². The second kappa shape index (κ2) is 7.76. The predicted molar refractivity (Wildman–Crippen MR) is 102 cm³/mol. The number of ketones is 1. The van der Waals surface area contributed by atoms with Crippen LogP contribution in [0, 0.1) is 6.92 Å². The lowest BCUT2D eigenvalue weighted by Crippen LogP contribution is -2.25. The van der Waals surface area contributed by atoms with E-state index < -0.39 is 50.7 Å². The molecule has 0 saturated carbocycles. The molecule has 0 fully saturated rings. The quantitative estimate of drug-likeness (QED) is 0.379. The molecule has 12 heteroatoms. The Labute approximate surface area is 177 Å². The Morgan fingerprint density at radius 1 is 0.969 bits per heavy atom. The molecule has 0 unspecified atom stereocenters. The number of hydrogen-bond donors (Lipinski definition) is 0. The van der Waals surface area contributed by atoms with Gasteiger partial charge in [0.1, 0.15) is 5.52 Å². The van der Waals surface area contributed by atoms with Crippen LogP contribution in [0.15, 0.2) is 47.4 Å². The van der Waals surface area contributed by atoms with Crippen molar-refractivity contribution in [2.75, 3.05) is 6.26 Å². The monoisotopic (exact) mass is 477 g/mol. The third-order valence-electron chi connectivity index (χ3n) is 4.44. The number of hydrogen-bond acceptors (Lipinski definition) is 5. The molecule has 0 aliphatic carbocycles. The molecular formula is C20H13F6NO4S. The second-order valence-electron chi connectivity index (χ2n) is 6.77. The number of para-hydroxylation sites is 1. The molecule has 32 heavy (non-hydrogen) atoms. The van der Waals surface area contributed by atoms with Crippen molar-refractivity contribution in [3.63, 3.8) is 0 Å². The van der Waals surface area contributed by atoms with Crippen LogP contribution in [-0.4, -0.2) is 38.0 Å². The van der Waals surface area contributed by atoms with E-state index in [4.69, 9.17) is 0 Å². The van der Waals surface area contributed by atoms with Crippen molar-refractivity contribution >= 4 is 26.5 Å². The summed E-state index contributed by atoms with van der Waals surface area (Å²) in [6.07, 6.45) is -9.46. The van der Waals surface area contributed by atoms with Crippen LogP contribution in [0.25, 0.3) is 22.0 Å². The number of nitrogens with zero attached hydrogens (tertiary/aromatic N) is 1. The summed E-state index contributed by atoms with van der Waals surface area (Å²) in [5, 5.41) is -0.211. The van der Waals surface area contributed by atoms with E-state index in [2.05, 4.69) is 9.72 Å². The second-order valence-corrected chi connectivity index (χ2v) is 8.79. The van der Waals surface area contributed by atoms with Crippen LogP contribution in [0.5, 0.6) is 5.75 Å².